The maximum Gasteiger partial charge on any atom is 0.346 e. The van der Waals surface area contributed by atoms with Gasteiger partial charge in [0.2, 0.25) is 0 Å². The first-order valence-corrected chi connectivity index (χ1v) is 10.8. The monoisotopic (exact) mass is 413 g/mol. The highest BCUT2D eigenvalue weighted by Gasteiger charge is 2.51. The molecule has 1 aliphatic heterocycles. The number of thioether (sulfide) groups is 2. The Kier molecular flexibility index (Phi) is 9.15. The second kappa shape index (κ2) is 10.3. The van der Waals surface area contributed by atoms with Crippen LogP contribution in [0.4, 0.5) is 0 Å². The lowest BCUT2D eigenvalue weighted by Crippen LogP contribution is -2.41. The number of amides is 1. The number of hydrogen-bond donors (Lipinski definition) is 0. The first-order valence-electron chi connectivity index (χ1n) is 7.28. The third kappa shape index (κ3) is 5.82. The first-order chi connectivity index (χ1) is 11.8. The molecule has 142 valence electrons. The third-order valence-electron chi connectivity index (χ3n) is 2.95. The van der Waals surface area contributed by atoms with Gasteiger partial charge in [-0.05, 0) is 13.8 Å². The summed E-state index contributed by atoms with van der Waals surface area (Å²) >= 11 is 1.92. The molecule has 0 radical (unpaired) electrons. The van der Waals surface area contributed by atoms with Gasteiger partial charge in [0.05, 0.1) is 19.0 Å². The number of rotatable bonds is 9. The SMILES string of the molecule is CCOC(=O)C(SC1=NC(=O)CS1)C(C(=O)OCC)P(=O)(OC)OC. The molecule has 0 aromatic heterocycles. The highest BCUT2D eigenvalue weighted by molar-refractivity contribution is 8.40. The lowest BCUT2D eigenvalue weighted by atomic mass is 10.3. The molecular weight excluding hydrogens is 393 g/mol. The molecule has 9 nitrogen and oxygen atoms in total. The van der Waals surface area contributed by atoms with E-state index >= 15 is 0 Å². The number of aliphatic imine (C=N–C) groups is 1. The van der Waals surface area contributed by atoms with Crippen molar-refractivity contribution in [2.45, 2.75) is 24.8 Å². The Hall–Kier alpha value is -0.870. The van der Waals surface area contributed by atoms with E-state index in [2.05, 4.69) is 4.99 Å². The van der Waals surface area contributed by atoms with Crippen LogP contribution in [0.15, 0.2) is 4.99 Å². The fourth-order valence-corrected chi connectivity index (χ4v) is 5.91. The smallest absolute Gasteiger partial charge is 0.346 e. The largest absolute Gasteiger partial charge is 0.465 e. The minimum absolute atomic E-state index is 0.0111. The highest BCUT2D eigenvalue weighted by Crippen LogP contribution is 2.55. The molecule has 1 rings (SSSR count). The van der Waals surface area contributed by atoms with Gasteiger partial charge in [-0.1, -0.05) is 23.5 Å². The average Bonchev–Trinajstić information content (AvgIpc) is 2.99. The predicted octanol–water partition coefficient (Wildman–Crippen LogP) is 1.70. The molecule has 1 amide bonds. The van der Waals surface area contributed by atoms with Crippen LogP contribution in [0.2, 0.25) is 0 Å². The van der Waals surface area contributed by atoms with Crippen LogP contribution >= 0.6 is 31.1 Å². The standard InChI is InChI=1S/C13H20NO8PS2/c1-5-21-11(16)9(23(18,19-3)20-4)10(12(17)22-6-2)25-13-14-8(15)7-24-13/h9-10H,5-7H2,1-4H3. The quantitative estimate of drug-likeness (QED) is 0.408. The van der Waals surface area contributed by atoms with Crippen molar-refractivity contribution in [2.24, 2.45) is 4.99 Å². The Bertz CT molecular complexity index is 589. The summed E-state index contributed by atoms with van der Waals surface area (Å²) in [6.45, 7) is 3.23. The molecule has 2 unspecified atom stereocenters. The van der Waals surface area contributed by atoms with Crippen LogP contribution in [-0.2, 0) is 37.5 Å². The molecule has 0 aliphatic carbocycles. The van der Waals surface area contributed by atoms with Crippen molar-refractivity contribution in [3.05, 3.63) is 0 Å². The van der Waals surface area contributed by atoms with Crippen LogP contribution in [0.5, 0.6) is 0 Å². The van der Waals surface area contributed by atoms with Gasteiger partial charge >= 0.3 is 19.5 Å². The van der Waals surface area contributed by atoms with Gasteiger partial charge < -0.3 is 18.5 Å². The average molecular weight is 413 g/mol. The van der Waals surface area contributed by atoms with Gasteiger partial charge in [-0.2, -0.15) is 4.99 Å². The third-order valence-corrected chi connectivity index (χ3v) is 7.74. The van der Waals surface area contributed by atoms with E-state index in [1.165, 1.54) is 0 Å². The summed E-state index contributed by atoms with van der Waals surface area (Å²) in [5.74, 6) is -1.95. The second-order valence-corrected chi connectivity index (χ2v) is 9.17. The van der Waals surface area contributed by atoms with E-state index in [1.807, 2.05) is 0 Å². The zero-order valence-corrected chi connectivity index (χ0v) is 16.8. The number of esters is 2. The molecule has 0 bridgehead atoms. The fraction of sp³-hybridized carbons (Fsp3) is 0.692. The summed E-state index contributed by atoms with van der Waals surface area (Å²) in [7, 11) is -1.82. The Morgan fingerprint density at radius 1 is 1.20 bits per heavy atom. The van der Waals surface area contributed by atoms with E-state index in [-0.39, 0.29) is 29.2 Å². The zero-order chi connectivity index (χ0) is 19.0. The zero-order valence-electron chi connectivity index (χ0n) is 14.3. The van der Waals surface area contributed by atoms with Crippen molar-refractivity contribution < 1.29 is 37.5 Å². The molecule has 2 atom stereocenters. The second-order valence-electron chi connectivity index (χ2n) is 4.45. The number of hydrogen-bond acceptors (Lipinski definition) is 10. The normalized spacial score (nSPS) is 17.0. The topological polar surface area (TPSA) is 118 Å². The maximum absolute atomic E-state index is 12.9. The van der Waals surface area contributed by atoms with Crippen LogP contribution in [-0.4, -0.2) is 66.3 Å². The molecule has 12 heteroatoms. The molecule has 0 saturated carbocycles. The summed E-state index contributed by atoms with van der Waals surface area (Å²) in [4.78, 5) is 39.9. The van der Waals surface area contributed by atoms with Gasteiger partial charge in [0.25, 0.3) is 5.91 Å². The highest BCUT2D eigenvalue weighted by atomic mass is 32.2. The van der Waals surface area contributed by atoms with Crippen molar-refractivity contribution in [3.8, 4) is 0 Å². The number of carbonyl (C=O) groups is 3. The molecule has 0 aromatic carbocycles. The molecule has 0 N–H and O–H groups in total. The predicted molar refractivity (Wildman–Crippen MR) is 95.0 cm³/mol. The molecule has 0 fully saturated rings. The van der Waals surface area contributed by atoms with E-state index in [9.17, 15) is 18.9 Å². The molecule has 1 aliphatic rings. The van der Waals surface area contributed by atoms with Gasteiger partial charge in [0.15, 0.2) is 5.66 Å². The number of ether oxygens (including phenoxy) is 2. The van der Waals surface area contributed by atoms with E-state index in [0.29, 0.717) is 0 Å². The van der Waals surface area contributed by atoms with Crippen LogP contribution in [0, 0.1) is 0 Å². The van der Waals surface area contributed by atoms with E-state index in [0.717, 1.165) is 37.7 Å². The summed E-state index contributed by atoms with van der Waals surface area (Å²) in [5.41, 5.74) is -1.56. The van der Waals surface area contributed by atoms with Gasteiger partial charge in [-0.15, -0.1) is 0 Å². The Morgan fingerprint density at radius 2 is 1.76 bits per heavy atom. The van der Waals surface area contributed by atoms with Crippen molar-refractivity contribution >= 4 is 53.3 Å². The minimum Gasteiger partial charge on any atom is -0.465 e. The van der Waals surface area contributed by atoms with Crippen molar-refractivity contribution in [1.82, 2.24) is 0 Å². The van der Waals surface area contributed by atoms with E-state index in [1.54, 1.807) is 13.8 Å². The van der Waals surface area contributed by atoms with Crippen LogP contribution in [0.1, 0.15) is 13.8 Å². The maximum atomic E-state index is 12.9. The van der Waals surface area contributed by atoms with Crippen LogP contribution in [0.3, 0.4) is 0 Å². The van der Waals surface area contributed by atoms with Gasteiger partial charge in [0, 0.05) is 14.2 Å². The minimum atomic E-state index is -4.03. The van der Waals surface area contributed by atoms with Crippen molar-refractivity contribution in [2.75, 3.05) is 33.2 Å². The molecule has 1 heterocycles. The fourth-order valence-electron chi connectivity index (χ4n) is 1.87. The first kappa shape index (κ1) is 22.2. The number of carbonyl (C=O) groups excluding carboxylic acids is 3. The van der Waals surface area contributed by atoms with Crippen LogP contribution < -0.4 is 0 Å². The molecule has 0 saturated heterocycles. The Morgan fingerprint density at radius 3 is 2.20 bits per heavy atom. The van der Waals surface area contributed by atoms with Gasteiger partial charge in [0.1, 0.15) is 9.63 Å². The molecule has 0 spiro atoms. The summed E-state index contributed by atoms with van der Waals surface area (Å²) < 4.78 is 32.9. The van der Waals surface area contributed by atoms with Crippen LogP contribution in [0.25, 0.3) is 0 Å². The Balaban J connectivity index is 3.28. The van der Waals surface area contributed by atoms with E-state index < -0.39 is 30.4 Å². The van der Waals surface area contributed by atoms with Crippen molar-refractivity contribution in [3.63, 3.8) is 0 Å². The molecular formula is C13H20NO8PS2. The summed E-state index contributed by atoms with van der Waals surface area (Å²) in [6.07, 6.45) is 0. The van der Waals surface area contributed by atoms with Gasteiger partial charge in [-0.3, -0.25) is 18.9 Å². The van der Waals surface area contributed by atoms with Crippen molar-refractivity contribution in [1.29, 1.82) is 0 Å². The Labute approximate surface area is 154 Å². The molecule has 25 heavy (non-hydrogen) atoms. The van der Waals surface area contributed by atoms with E-state index in [4.69, 9.17) is 18.5 Å². The summed E-state index contributed by atoms with van der Waals surface area (Å²) in [6, 6.07) is 0. The lowest BCUT2D eigenvalue weighted by Gasteiger charge is -2.27. The molecule has 0 aromatic rings. The lowest BCUT2D eigenvalue weighted by molar-refractivity contribution is -0.149. The summed E-state index contributed by atoms with van der Waals surface area (Å²) in [5, 5.41) is -1.30. The number of nitrogens with zero attached hydrogens (tertiary/aromatic N) is 1. The van der Waals surface area contributed by atoms with Gasteiger partial charge in [-0.25, -0.2) is 0 Å².